The quantitative estimate of drug-likeness (QED) is 0.0774. The molecule has 0 bridgehead atoms. The molecular formula is C39H61NO15. The van der Waals surface area contributed by atoms with Gasteiger partial charge in [0.05, 0.1) is 145 Å². The van der Waals surface area contributed by atoms with E-state index in [-0.39, 0.29) is 6.61 Å². The number of alkyl carbamates (subject to hydrolysis) is 1. The fraction of sp³-hybridized carbons (Fsp3) is 0.641. The Morgan fingerprint density at radius 2 is 0.782 bits per heavy atom. The summed E-state index contributed by atoms with van der Waals surface area (Å²) < 4.78 is 70.9. The van der Waals surface area contributed by atoms with Gasteiger partial charge in [-0.25, -0.2) is 4.79 Å². The molecule has 2 aromatic carbocycles. The lowest BCUT2D eigenvalue weighted by molar-refractivity contribution is -0.0277. The molecule has 2 rings (SSSR count). The number of benzene rings is 2. The minimum Gasteiger partial charge on any atom is -0.491 e. The molecule has 1 N–H and O–H groups in total. The normalized spacial score (nSPS) is 11.1. The molecule has 1 amide bonds. The number of rotatable bonds is 40. The highest BCUT2D eigenvalue weighted by Gasteiger charge is 2.02. The van der Waals surface area contributed by atoms with Crippen LogP contribution < -0.4 is 10.1 Å². The molecule has 0 saturated carbocycles. The number of hydrogen-bond donors (Lipinski definition) is 1. The largest absolute Gasteiger partial charge is 0.491 e. The van der Waals surface area contributed by atoms with Crippen LogP contribution >= 0.6 is 0 Å². The number of hydrogen-bond acceptors (Lipinski definition) is 15. The zero-order chi connectivity index (χ0) is 39.0. The second kappa shape index (κ2) is 37.7. The van der Waals surface area contributed by atoms with E-state index in [1.165, 1.54) is 0 Å². The molecule has 0 aromatic heterocycles. The van der Waals surface area contributed by atoms with E-state index in [4.69, 9.17) is 61.6 Å². The number of carbonyl (C=O) groups excluding carboxylic acids is 2. The highest BCUT2D eigenvalue weighted by Crippen LogP contribution is 2.10. The first kappa shape index (κ1) is 47.9. The van der Waals surface area contributed by atoms with Crippen molar-refractivity contribution in [1.82, 2.24) is 5.32 Å². The summed E-state index contributed by atoms with van der Waals surface area (Å²) >= 11 is 0. The highest BCUT2D eigenvalue weighted by molar-refractivity contribution is 5.74. The van der Waals surface area contributed by atoms with Gasteiger partial charge in [0.2, 0.25) is 0 Å². The summed E-state index contributed by atoms with van der Waals surface area (Å²) in [7, 11) is 0. The molecule has 0 fully saturated rings. The molecule has 0 aliphatic carbocycles. The first-order valence-corrected chi connectivity index (χ1v) is 18.8. The molecule has 0 aliphatic rings. The van der Waals surface area contributed by atoms with Crippen molar-refractivity contribution >= 4 is 12.4 Å². The molecule has 55 heavy (non-hydrogen) atoms. The molecule has 0 radical (unpaired) electrons. The summed E-state index contributed by atoms with van der Waals surface area (Å²) in [6, 6.07) is 16.4. The van der Waals surface area contributed by atoms with Crippen LogP contribution in [-0.2, 0) is 63.4 Å². The fourth-order valence-electron chi connectivity index (χ4n) is 4.16. The van der Waals surface area contributed by atoms with Crippen LogP contribution in [-0.4, -0.2) is 171 Å². The van der Waals surface area contributed by atoms with Crippen molar-refractivity contribution in [2.75, 3.05) is 159 Å². The molecule has 0 aliphatic heterocycles. The van der Waals surface area contributed by atoms with Crippen LogP contribution in [0.3, 0.4) is 0 Å². The number of nitrogens with one attached hydrogen (secondary N) is 1. The topological polar surface area (TPSA) is 166 Å². The van der Waals surface area contributed by atoms with E-state index < -0.39 is 6.09 Å². The summed E-state index contributed by atoms with van der Waals surface area (Å²) in [6.07, 6.45) is 0.322. The monoisotopic (exact) mass is 783 g/mol. The maximum absolute atomic E-state index is 11.7. The molecule has 0 unspecified atom stereocenters. The zero-order valence-corrected chi connectivity index (χ0v) is 32.1. The van der Waals surface area contributed by atoms with Gasteiger partial charge in [0, 0.05) is 12.1 Å². The van der Waals surface area contributed by atoms with Crippen molar-refractivity contribution in [1.29, 1.82) is 0 Å². The van der Waals surface area contributed by atoms with Crippen molar-refractivity contribution in [3.8, 4) is 5.75 Å². The van der Waals surface area contributed by atoms with Gasteiger partial charge >= 0.3 is 6.09 Å². The van der Waals surface area contributed by atoms with E-state index in [2.05, 4.69) is 5.32 Å². The van der Waals surface area contributed by atoms with Crippen molar-refractivity contribution in [3.05, 3.63) is 65.7 Å². The van der Waals surface area contributed by atoms with Crippen LogP contribution in [0.4, 0.5) is 4.79 Å². The lowest BCUT2D eigenvalue weighted by atomic mass is 10.2. The first-order chi connectivity index (χ1) is 27.3. The Kier molecular flexibility index (Phi) is 32.8. The molecule has 0 atom stereocenters. The van der Waals surface area contributed by atoms with Gasteiger partial charge in [-0.2, -0.15) is 0 Å². The smallest absolute Gasteiger partial charge is 0.407 e. The summed E-state index contributed by atoms with van der Waals surface area (Å²) in [5, 5.41) is 2.64. The molecule has 16 heteroatoms. The summed E-state index contributed by atoms with van der Waals surface area (Å²) in [5.74, 6) is 0.699. The second-order valence-electron chi connectivity index (χ2n) is 11.3. The number of ether oxygens (including phenoxy) is 13. The maximum atomic E-state index is 11.7. The van der Waals surface area contributed by atoms with Gasteiger partial charge < -0.3 is 66.9 Å². The summed E-state index contributed by atoms with van der Waals surface area (Å²) in [4.78, 5) is 22.3. The van der Waals surface area contributed by atoms with Gasteiger partial charge in [0.15, 0.2) is 0 Å². The van der Waals surface area contributed by atoms with Crippen molar-refractivity contribution in [3.63, 3.8) is 0 Å². The lowest BCUT2D eigenvalue weighted by Gasteiger charge is -2.09. The number of aldehydes is 1. The molecule has 2 aromatic rings. The third-order valence-corrected chi connectivity index (χ3v) is 6.96. The van der Waals surface area contributed by atoms with E-state index in [9.17, 15) is 9.59 Å². The van der Waals surface area contributed by atoms with Gasteiger partial charge in [0.25, 0.3) is 0 Å². The molecule has 16 nitrogen and oxygen atoms in total. The third kappa shape index (κ3) is 31.6. The van der Waals surface area contributed by atoms with E-state index in [0.717, 1.165) is 11.8 Å². The standard InChI is InChI=1S/C39H61NO15/c41-34-36-6-8-38(9-7-36)54-33-32-53-31-30-52-29-28-51-27-26-50-25-24-49-23-22-48-21-20-47-19-18-46-17-16-45-15-14-44-13-12-43-11-10-40-39(42)55-35-37-4-2-1-3-5-37/h1-9,34H,10-33,35H2,(H,40,42). The molecule has 0 spiro atoms. The highest BCUT2D eigenvalue weighted by atomic mass is 16.6. The van der Waals surface area contributed by atoms with Gasteiger partial charge in [-0.3, -0.25) is 4.79 Å². The summed E-state index contributed by atoms with van der Waals surface area (Å²) in [6.45, 7) is 11.4. The van der Waals surface area contributed by atoms with E-state index in [0.29, 0.717) is 170 Å². The molecule has 0 heterocycles. The molecule has 0 saturated heterocycles. The fourth-order valence-corrected chi connectivity index (χ4v) is 4.16. The second-order valence-corrected chi connectivity index (χ2v) is 11.3. The van der Waals surface area contributed by atoms with E-state index in [1.54, 1.807) is 24.3 Å². The van der Waals surface area contributed by atoms with Gasteiger partial charge in [0.1, 0.15) is 25.2 Å². The Hall–Kier alpha value is -3.26. The average Bonchev–Trinajstić information content (AvgIpc) is 3.21. The molecule has 312 valence electrons. The minimum atomic E-state index is -0.473. The average molecular weight is 784 g/mol. The van der Waals surface area contributed by atoms with E-state index in [1.807, 2.05) is 30.3 Å². The lowest BCUT2D eigenvalue weighted by Crippen LogP contribution is -2.28. The van der Waals surface area contributed by atoms with Crippen LogP contribution in [0.15, 0.2) is 54.6 Å². The van der Waals surface area contributed by atoms with Gasteiger partial charge in [-0.05, 0) is 29.8 Å². The van der Waals surface area contributed by atoms with Gasteiger partial charge in [-0.15, -0.1) is 0 Å². The Labute approximate surface area is 325 Å². The maximum Gasteiger partial charge on any atom is 0.407 e. The van der Waals surface area contributed by atoms with Crippen molar-refractivity contribution < 1.29 is 71.2 Å². The minimum absolute atomic E-state index is 0.233. The van der Waals surface area contributed by atoms with Crippen LogP contribution in [0.25, 0.3) is 0 Å². The first-order valence-electron chi connectivity index (χ1n) is 18.8. The zero-order valence-electron chi connectivity index (χ0n) is 32.1. The van der Waals surface area contributed by atoms with Crippen LogP contribution in [0.5, 0.6) is 5.75 Å². The van der Waals surface area contributed by atoms with E-state index >= 15 is 0 Å². The van der Waals surface area contributed by atoms with Crippen LogP contribution in [0.1, 0.15) is 15.9 Å². The Balaban J connectivity index is 1.14. The predicted molar refractivity (Wildman–Crippen MR) is 201 cm³/mol. The molecular weight excluding hydrogens is 722 g/mol. The predicted octanol–water partition coefficient (Wildman–Crippen LogP) is 2.99. The number of amides is 1. The van der Waals surface area contributed by atoms with Crippen LogP contribution in [0, 0.1) is 0 Å². The van der Waals surface area contributed by atoms with Crippen molar-refractivity contribution in [2.45, 2.75) is 6.61 Å². The SMILES string of the molecule is O=Cc1ccc(OCCOCCOCCOCCOCCOCCOCCOCCOCCOCCOCCOCCNC(=O)OCc2ccccc2)cc1. The van der Waals surface area contributed by atoms with Crippen LogP contribution in [0.2, 0.25) is 0 Å². The Bertz CT molecular complexity index is 1130. The number of carbonyl (C=O) groups is 2. The summed E-state index contributed by atoms with van der Waals surface area (Å²) in [5.41, 5.74) is 1.55. The Morgan fingerprint density at radius 1 is 0.436 bits per heavy atom. The Morgan fingerprint density at radius 3 is 1.15 bits per heavy atom. The van der Waals surface area contributed by atoms with Crippen molar-refractivity contribution in [2.24, 2.45) is 0 Å². The van der Waals surface area contributed by atoms with Gasteiger partial charge in [-0.1, -0.05) is 30.3 Å². The third-order valence-electron chi connectivity index (χ3n) is 6.96.